The number of carbonyl (C=O) groups excluding carboxylic acids is 2. The molecule has 0 radical (unpaired) electrons. The lowest BCUT2D eigenvalue weighted by molar-refractivity contribution is -0.132. The molecule has 0 N–H and O–H groups in total. The zero-order valence-electron chi connectivity index (χ0n) is 25.1. The van der Waals surface area contributed by atoms with Crippen LogP contribution >= 0.6 is 0 Å². The van der Waals surface area contributed by atoms with Gasteiger partial charge >= 0.3 is 0 Å². The molecule has 2 aromatic rings. The Kier molecular flexibility index (Phi) is 12.1. The number of rotatable bonds is 15. The first-order chi connectivity index (χ1) is 20.0. The minimum Gasteiger partial charge on any atom is -0.333 e. The number of aliphatic imine (C=N–C) groups is 1. The lowest BCUT2D eigenvalue weighted by atomic mass is 9.86. The molecule has 0 spiro atoms. The van der Waals surface area contributed by atoms with Gasteiger partial charge in [-0.15, -0.1) is 0 Å². The number of likely N-dealkylation sites (tertiary alicyclic amines) is 1. The van der Waals surface area contributed by atoms with Crippen LogP contribution in [0.25, 0.3) is 0 Å². The fraction of sp³-hybridized carbons (Fsp3) is 0.571. The van der Waals surface area contributed by atoms with Crippen molar-refractivity contribution in [3.05, 3.63) is 65.5 Å². The quantitative estimate of drug-likeness (QED) is 0.209. The summed E-state index contributed by atoms with van der Waals surface area (Å²) < 4.78 is 13.7. The minimum absolute atomic E-state index is 0.0664. The third kappa shape index (κ3) is 9.06. The molecule has 4 rings (SSSR count). The fourth-order valence-electron chi connectivity index (χ4n) is 6.32. The smallest absolute Gasteiger partial charge is 0.223 e. The Bertz CT molecular complexity index is 1160. The molecule has 41 heavy (non-hydrogen) atoms. The SMILES string of the molecule is CCCCCCCCCC(=O)N(CCN1CCCC1)C(C)C1=Nc2ccccc2C(=O)CC1Cc1ccc(F)cc1. The number of Topliss-reactive ketones (excluding diaryl/α,β-unsaturated/α-hetero) is 1. The molecule has 1 amide bonds. The maximum atomic E-state index is 13.8. The molecule has 222 valence electrons. The van der Waals surface area contributed by atoms with E-state index in [1.54, 1.807) is 12.1 Å². The van der Waals surface area contributed by atoms with Gasteiger partial charge < -0.3 is 9.80 Å². The van der Waals surface area contributed by atoms with E-state index >= 15 is 0 Å². The maximum Gasteiger partial charge on any atom is 0.223 e. The average Bonchev–Trinajstić information content (AvgIpc) is 3.45. The standard InChI is InChI=1S/C35H48FN3O2/c1-3-4-5-6-7-8-9-16-34(41)39(24-23-38-21-12-13-22-38)27(2)35-29(25-28-17-19-30(36)20-18-28)26-33(40)31-14-10-11-15-32(31)37-35/h10-11,14-15,17-20,27,29H,3-9,12-13,16,21-26H2,1-2H3. The molecule has 5 nitrogen and oxygen atoms in total. The zero-order valence-corrected chi connectivity index (χ0v) is 25.1. The molecule has 0 bridgehead atoms. The Morgan fingerprint density at radius 2 is 1.68 bits per heavy atom. The first-order valence-electron chi connectivity index (χ1n) is 15.9. The summed E-state index contributed by atoms with van der Waals surface area (Å²) >= 11 is 0. The molecule has 0 saturated carbocycles. The van der Waals surface area contributed by atoms with E-state index in [1.165, 1.54) is 57.1 Å². The van der Waals surface area contributed by atoms with Crippen molar-refractivity contribution < 1.29 is 14.0 Å². The fourth-order valence-corrected chi connectivity index (χ4v) is 6.32. The molecule has 0 aliphatic carbocycles. The van der Waals surface area contributed by atoms with Gasteiger partial charge in [0.2, 0.25) is 5.91 Å². The normalized spacial score (nSPS) is 18.1. The van der Waals surface area contributed by atoms with Crippen LogP contribution in [0.3, 0.4) is 0 Å². The molecule has 0 aromatic heterocycles. The van der Waals surface area contributed by atoms with Gasteiger partial charge in [-0.3, -0.25) is 14.6 Å². The van der Waals surface area contributed by atoms with Gasteiger partial charge in [-0.2, -0.15) is 0 Å². The summed E-state index contributed by atoms with van der Waals surface area (Å²) in [5.74, 6) is -0.200. The summed E-state index contributed by atoms with van der Waals surface area (Å²) in [4.78, 5) is 36.8. The first kappa shape index (κ1) is 31.1. The van der Waals surface area contributed by atoms with E-state index in [2.05, 4.69) is 18.7 Å². The number of fused-ring (bicyclic) bond motifs is 1. The predicted molar refractivity (Wildman–Crippen MR) is 166 cm³/mol. The Morgan fingerprint density at radius 3 is 2.41 bits per heavy atom. The van der Waals surface area contributed by atoms with Gasteiger partial charge in [0.1, 0.15) is 5.82 Å². The van der Waals surface area contributed by atoms with Crippen LogP contribution < -0.4 is 0 Å². The van der Waals surface area contributed by atoms with Gasteiger partial charge in [0, 0.05) is 43.1 Å². The van der Waals surface area contributed by atoms with Crippen molar-refractivity contribution in [2.45, 2.75) is 96.9 Å². The highest BCUT2D eigenvalue weighted by atomic mass is 19.1. The number of hydrogen-bond donors (Lipinski definition) is 0. The first-order valence-corrected chi connectivity index (χ1v) is 15.9. The number of hydrogen-bond acceptors (Lipinski definition) is 4. The number of para-hydroxylation sites is 1. The molecule has 1 saturated heterocycles. The zero-order chi connectivity index (χ0) is 29.0. The van der Waals surface area contributed by atoms with Gasteiger partial charge in [0.15, 0.2) is 5.78 Å². The van der Waals surface area contributed by atoms with E-state index in [9.17, 15) is 14.0 Å². The lowest BCUT2D eigenvalue weighted by Crippen LogP contribution is -2.48. The van der Waals surface area contributed by atoms with Gasteiger partial charge in [-0.1, -0.05) is 69.7 Å². The molecule has 2 heterocycles. The second kappa shape index (κ2) is 16.0. The number of halogens is 1. The van der Waals surface area contributed by atoms with Crippen molar-refractivity contribution >= 4 is 23.1 Å². The van der Waals surface area contributed by atoms with Crippen LogP contribution in [0.15, 0.2) is 53.5 Å². The van der Waals surface area contributed by atoms with E-state index in [1.807, 2.05) is 29.2 Å². The van der Waals surface area contributed by atoms with Crippen LogP contribution in [0.2, 0.25) is 0 Å². The summed E-state index contributed by atoms with van der Waals surface area (Å²) in [5, 5.41) is 0. The highest BCUT2D eigenvalue weighted by molar-refractivity contribution is 6.08. The molecule has 2 atom stereocenters. The number of ketones is 1. The third-order valence-electron chi connectivity index (χ3n) is 8.77. The van der Waals surface area contributed by atoms with Gasteiger partial charge in [-0.05, 0) is 75.5 Å². The summed E-state index contributed by atoms with van der Waals surface area (Å²) in [6, 6.07) is 13.8. The average molecular weight is 562 g/mol. The minimum atomic E-state index is -0.274. The number of carbonyl (C=O) groups is 2. The molecular formula is C35H48FN3O2. The Labute approximate surface area is 246 Å². The molecule has 1 fully saturated rings. The van der Waals surface area contributed by atoms with Gasteiger partial charge in [-0.25, -0.2) is 4.39 Å². The van der Waals surface area contributed by atoms with Crippen molar-refractivity contribution in [1.29, 1.82) is 0 Å². The van der Waals surface area contributed by atoms with Crippen LogP contribution in [-0.4, -0.2) is 59.4 Å². The number of benzene rings is 2. The molecule has 6 heteroatoms. The highest BCUT2D eigenvalue weighted by Crippen LogP contribution is 2.31. The van der Waals surface area contributed by atoms with Crippen LogP contribution in [0.4, 0.5) is 10.1 Å². The van der Waals surface area contributed by atoms with Crippen molar-refractivity contribution in [3.8, 4) is 0 Å². The monoisotopic (exact) mass is 561 g/mol. The summed E-state index contributed by atoms with van der Waals surface area (Å²) in [6.45, 7) is 8.01. The molecule has 2 aliphatic heterocycles. The van der Waals surface area contributed by atoms with Crippen molar-refractivity contribution in [2.75, 3.05) is 26.2 Å². The Morgan fingerprint density at radius 1 is 1.00 bits per heavy atom. The van der Waals surface area contributed by atoms with E-state index in [-0.39, 0.29) is 29.5 Å². The van der Waals surface area contributed by atoms with Crippen LogP contribution in [-0.2, 0) is 11.2 Å². The van der Waals surface area contributed by atoms with E-state index < -0.39 is 0 Å². The molecule has 2 unspecified atom stereocenters. The van der Waals surface area contributed by atoms with Crippen molar-refractivity contribution in [2.24, 2.45) is 10.9 Å². The number of unbranched alkanes of at least 4 members (excludes halogenated alkanes) is 6. The summed E-state index contributed by atoms with van der Waals surface area (Å²) in [7, 11) is 0. The second-order valence-electron chi connectivity index (χ2n) is 11.9. The summed E-state index contributed by atoms with van der Waals surface area (Å²) in [6.07, 6.45) is 12.1. The van der Waals surface area contributed by atoms with Crippen molar-refractivity contribution in [1.82, 2.24) is 9.80 Å². The number of amides is 1. The molecular weight excluding hydrogens is 513 g/mol. The number of nitrogens with zero attached hydrogens (tertiary/aromatic N) is 3. The van der Waals surface area contributed by atoms with Crippen LogP contribution in [0.5, 0.6) is 0 Å². The Balaban J connectivity index is 1.56. The van der Waals surface area contributed by atoms with Crippen LogP contribution in [0, 0.1) is 11.7 Å². The van der Waals surface area contributed by atoms with E-state index in [4.69, 9.17) is 4.99 Å². The third-order valence-corrected chi connectivity index (χ3v) is 8.77. The molecule has 2 aromatic carbocycles. The van der Waals surface area contributed by atoms with Crippen molar-refractivity contribution in [3.63, 3.8) is 0 Å². The maximum absolute atomic E-state index is 13.8. The molecule has 2 aliphatic rings. The second-order valence-corrected chi connectivity index (χ2v) is 11.9. The lowest BCUT2D eigenvalue weighted by Gasteiger charge is -2.34. The van der Waals surface area contributed by atoms with E-state index in [0.717, 1.165) is 43.8 Å². The van der Waals surface area contributed by atoms with Gasteiger partial charge in [0.05, 0.1) is 11.7 Å². The van der Waals surface area contributed by atoms with Crippen LogP contribution in [0.1, 0.15) is 100 Å². The summed E-state index contributed by atoms with van der Waals surface area (Å²) in [5.41, 5.74) is 3.16. The van der Waals surface area contributed by atoms with Gasteiger partial charge in [0.25, 0.3) is 0 Å². The predicted octanol–water partition coefficient (Wildman–Crippen LogP) is 7.80. The van der Waals surface area contributed by atoms with E-state index in [0.29, 0.717) is 37.1 Å². The highest BCUT2D eigenvalue weighted by Gasteiger charge is 2.33. The largest absolute Gasteiger partial charge is 0.333 e. The Hall–Kier alpha value is -2.86. The topological polar surface area (TPSA) is 53.0 Å².